The monoisotopic (exact) mass is 634 g/mol. The number of pyridine rings is 2. The molecule has 1 N–H and O–H groups in total. The van der Waals surface area contributed by atoms with Crippen molar-refractivity contribution in [3.8, 4) is 28.1 Å². The number of halogens is 2. The number of carbonyl (C=O) groups excluding carboxylic acids is 1. The van der Waals surface area contributed by atoms with Gasteiger partial charge in [-0.05, 0) is 78.2 Å². The lowest BCUT2D eigenvalue weighted by Gasteiger charge is -2.11. The van der Waals surface area contributed by atoms with Crippen molar-refractivity contribution >= 4 is 61.5 Å². The average Bonchev–Trinajstić information content (AvgIpc) is 3.01. The van der Waals surface area contributed by atoms with Crippen molar-refractivity contribution in [2.75, 3.05) is 6.61 Å². The standard InChI is InChI=1S/C34H24BrClN4O2/c1-21-6-5-9-24-16-25(34(36)39-33(21)24)19-37-40-32(41)20-42-27-13-10-23(11-14-27)31-18-28(22-7-3-2-4-8-22)29-17-26(35)12-15-30(29)38-31/h2-19H,20H2,1H3,(H,40,41). The largest absolute Gasteiger partial charge is 0.484 e. The van der Waals surface area contributed by atoms with E-state index in [2.05, 4.69) is 55.7 Å². The van der Waals surface area contributed by atoms with Crippen LogP contribution in [0.1, 0.15) is 11.1 Å². The van der Waals surface area contributed by atoms with Gasteiger partial charge in [-0.3, -0.25) is 4.79 Å². The first-order valence-electron chi connectivity index (χ1n) is 13.2. The summed E-state index contributed by atoms with van der Waals surface area (Å²) in [6.45, 7) is 1.79. The van der Waals surface area contributed by atoms with Crippen LogP contribution in [0, 0.1) is 6.92 Å². The number of ether oxygens (including phenoxy) is 1. The van der Waals surface area contributed by atoms with Gasteiger partial charge in [0.2, 0.25) is 0 Å². The molecule has 6 aromatic rings. The summed E-state index contributed by atoms with van der Waals surface area (Å²) in [7, 11) is 0. The molecule has 0 radical (unpaired) electrons. The highest BCUT2D eigenvalue weighted by atomic mass is 79.9. The fourth-order valence-electron chi connectivity index (χ4n) is 4.71. The SMILES string of the molecule is Cc1cccc2cc(C=NNC(=O)COc3ccc(-c4cc(-c5ccccc5)c5cc(Br)ccc5n4)cc3)c(Cl)nc12. The van der Waals surface area contributed by atoms with Gasteiger partial charge in [0.15, 0.2) is 6.61 Å². The number of fused-ring (bicyclic) bond motifs is 2. The summed E-state index contributed by atoms with van der Waals surface area (Å²) >= 11 is 9.90. The Kier molecular flexibility index (Phi) is 7.95. The molecule has 0 aliphatic carbocycles. The molecule has 1 amide bonds. The number of benzene rings is 4. The van der Waals surface area contributed by atoms with Crippen molar-refractivity contribution in [1.82, 2.24) is 15.4 Å². The molecule has 0 bridgehead atoms. The van der Waals surface area contributed by atoms with Crippen LogP contribution >= 0.6 is 27.5 Å². The molecule has 206 valence electrons. The summed E-state index contributed by atoms with van der Waals surface area (Å²) in [6.07, 6.45) is 1.47. The van der Waals surface area contributed by atoms with E-state index in [9.17, 15) is 4.79 Å². The first kappa shape index (κ1) is 27.6. The molecule has 0 saturated carbocycles. The first-order chi connectivity index (χ1) is 20.4. The molecule has 0 aliphatic heterocycles. The number of aryl methyl sites for hydroxylation is 1. The number of amides is 1. The fourth-order valence-corrected chi connectivity index (χ4v) is 5.26. The number of para-hydroxylation sites is 1. The summed E-state index contributed by atoms with van der Waals surface area (Å²) in [5.74, 6) is 0.161. The fraction of sp³-hybridized carbons (Fsp3) is 0.0588. The number of aromatic nitrogens is 2. The van der Waals surface area contributed by atoms with E-state index in [0.29, 0.717) is 16.5 Å². The maximum atomic E-state index is 12.3. The second kappa shape index (κ2) is 12.1. The van der Waals surface area contributed by atoms with Crippen LogP contribution < -0.4 is 10.2 Å². The van der Waals surface area contributed by atoms with E-state index in [1.165, 1.54) is 6.21 Å². The van der Waals surface area contributed by atoms with Crippen LogP contribution in [0.25, 0.3) is 44.2 Å². The molecule has 0 aliphatic rings. The van der Waals surface area contributed by atoms with E-state index in [0.717, 1.165) is 54.2 Å². The molecule has 6 nitrogen and oxygen atoms in total. The number of carbonyl (C=O) groups is 1. The lowest BCUT2D eigenvalue weighted by Crippen LogP contribution is -2.24. The van der Waals surface area contributed by atoms with Gasteiger partial charge >= 0.3 is 0 Å². The zero-order valence-corrected chi connectivity index (χ0v) is 24.9. The minimum Gasteiger partial charge on any atom is -0.484 e. The van der Waals surface area contributed by atoms with Gasteiger partial charge in [-0.25, -0.2) is 15.4 Å². The van der Waals surface area contributed by atoms with Crippen LogP contribution in [0.3, 0.4) is 0 Å². The van der Waals surface area contributed by atoms with Gasteiger partial charge in [-0.1, -0.05) is 76.1 Å². The second-order valence-corrected chi connectivity index (χ2v) is 11.0. The van der Waals surface area contributed by atoms with Gasteiger partial charge in [-0.15, -0.1) is 0 Å². The Morgan fingerprint density at radius 1 is 0.929 bits per heavy atom. The normalized spacial score (nSPS) is 11.3. The molecular weight excluding hydrogens is 612 g/mol. The number of nitrogens with zero attached hydrogens (tertiary/aromatic N) is 3. The Balaban J connectivity index is 1.13. The van der Waals surface area contributed by atoms with Crippen molar-refractivity contribution in [2.45, 2.75) is 6.92 Å². The quantitative estimate of drug-likeness (QED) is 0.109. The Labute approximate surface area is 256 Å². The highest BCUT2D eigenvalue weighted by Gasteiger charge is 2.11. The highest BCUT2D eigenvalue weighted by Crippen LogP contribution is 2.34. The third-order valence-corrected chi connectivity index (χ3v) is 7.59. The predicted molar refractivity (Wildman–Crippen MR) is 173 cm³/mol. The van der Waals surface area contributed by atoms with Crippen LogP contribution in [0.2, 0.25) is 5.15 Å². The van der Waals surface area contributed by atoms with Crippen LogP contribution in [0.15, 0.2) is 113 Å². The number of nitrogens with one attached hydrogen (secondary N) is 1. The predicted octanol–water partition coefficient (Wildman–Crippen LogP) is 8.37. The molecule has 0 unspecified atom stereocenters. The van der Waals surface area contributed by atoms with Gasteiger partial charge in [-0.2, -0.15) is 5.10 Å². The van der Waals surface area contributed by atoms with Gasteiger partial charge < -0.3 is 4.74 Å². The van der Waals surface area contributed by atoms with E-state index in [1.807, 2.05) is 85.8 Å². The first-order valence-corrected chi connectivity index (χ1v) is 14.4. The third-order valence-electron chi connectivity index (χ3n) is 6.80. The molecule has 0 spiro atoms. The molecule has 4 aromatic carbocycles. The molecule has 0 saturated heterocycles. The van der Waals surface area contributed by atoms with E-state index in [1.54, 1.807) is 0 Å². The Morgan fingerprint density at radius 2 is 1.74 bits per heavy atom. The van der Waals surface area contributed by atoms with Crippen LogP contribution in [-0.4, -0.2) is 28.7 Å². The smallest absolute Gasteiger partial charge is 0.277 e. The molecule has 6 rings (SSSR count). The van der Waals surface area contributed by atoms with Gasteiger partial charge in [0, 0.05) is 26.4 Å². The lowest BCUT2D eigenvalue weighted by atomic mass is 9.98. The van der Waals surface area contributed by atoms with Crippen LogP contribution in [-0.2, 0) is 4.79 Å². The lowest BCUT2D eigenvalue weighted by molar-refractivity contribution is -0.123. The summed E-state index contributed by atoms with van der Waals surface area (Å²) in [5.41, 5.74) is 9.87. The minimum absolute atomic E-state index is 0.194. The molecular formula is C34H24BrClN4O2. The zero-order chi connectivity index (χ0) is 29.1. The van der Waals surface area contributed by atoms with Crippen LogP contribution in [0.4, 0.5) is 0 Å². The Morgan fingerprint density at radius 3 is 2.55 bits per heavy atom. The van der Waals surface area contributed by atoms with E-state index >= 15 is 0 Å². The van der Waals surface area contributed by atoms with E-state index in [4.69, 9.17) is 21.3 Å². The average molecular weight is 636 g/mol. The van der Waals surface area contributed by atoms with Crippen molar-refractivity contribution in [3.05, 3.63) is 124 Å². The molecule has 0 atom stereocenters. The van der Waals surface area contributed by atoms with Crippen molar-refractivity contribution in [2.24, 2.45) is 5.10 Å². The summed E-state index contributed by atoms with van der Waals surface area (Å²) < 4.78 is 6.68. The second-order valence-electron chi connectivity index (χ2n) is 9.70. The summed E-state index contributed by atoms with van der Waals surface area (Å²) in [4.78, 5) is 21.7. The van der Waals surface area contributed by atoms with Crippen LogP contribution in [0.5, 0.6) is 5.75 Å². The molecule has 0 fully saturated rings. The third kappa shape index (κ3) is 6.03. The van der Waals surface area contributed by atoms with Gasteiger partial charge in [0.1, 0.15) is 10.9 Å². The maximum Gasteiger partial charge on any atom is 0.277 e. The van der Waals surface area contributed by atoms with E-state index < -0.39 is 5.91 Å². The molecule has 2 heterocycles. The maximum absolute atomic E-state index is 12.3. The Hall–Kier alpha value is -4.59. The number of rotatable bonds is 7. The molecule has 8 heteroatoms. The van der Waals surface area contributed by atoms with E-state index in [-0.39, 0.29) is 6.61 Å². The van der Waals surface area contributed by atoms with Gasteiger partial charge in [0.05, 0.1) is 22.9 Å². The van der Waals surface area contributed by atoms with Gasteiger partial charge in [0.25, 0.3) is 5.91 Å². The van der Waals surface area contributed by atoms with Crippen molar-refractivity contribution in [3.63, 3.8) is 0 Å². The molecule has 42 heavy (non-hydrogen) atoms. The molecule has 2 aromatic heterocycles. The number of hydrazone groups is 1. The summed E-state index contributed by atoms with van der Waals surface area (Å²) in [5, 5.41) is 6.35. The number of hydrogen-bond donors (Lipinski definition) is 1. The summed E-state index contributed by atoms with van der Waals surface area (Å²) in [6, 6.07) is 33.8. The van der Waals surface area contributed by atoms with Crippen molar-refractivity contribution in [1.29, 1.82) is 0 Å². The zero-order valence-electron chi connectivity index (χ0n) is 22.5. The number of hydrogen-bond acceptors (Lipinski definition) is 5. The highest BCUT2D eigenvalue weighted by molar-refractivity contribution is 9.10. The van der Waals surface area contributed by atoms with Crippen molar-refractivity contribution < 1.29 is 9.53 Å². The minimum atomic E-state index is -0.397. The topological polar surface area (TPSA) is 76.5 Å². The Bertz CT molecular complexity index is 1960.